The molecule has 0 atom stereocenters. The Morgan fingerprint density at radius 2 is 2.31 bits per heavy atom. The van der Waals surface area contributed by atoms with E-state index in [0.717, 1.165) is 11.3 Å². The second-order valence-electron chi connectivity index (χ2n) is 2.63. The van der Waals surface area contributed by atoms with Gasteiger partial charge in [0.25, 0.3) is 0 Å². The third-order valence-corrected chi connectivity index (χ3v) is 2.06. The molecule has 0 spiro atoms. The van der Waals surface area contributed by atoms with Gasteiger partial charge >= 0.3 is 0 Å². The lowest BCUT2D eigenvalue weighted by Crippen LogP contribution is -2.09. The molecule has 68 valence electrons. The van der Waals surface area contributed by atoms with Crippen molar-refractivity contribution in [3.8, 4) is 11.4 Å². The fraction of sp³-hybridized carbons (Fsp3) is 0.167. The summed E-state index contributed by atoms with van der Waals surface area (Å²) in [6.45, 7) is 1.89. The van der Waals surface area contributed by atoms with Gasteiger partial charge in [-0.2, -0.15) is 10.2 Å². The number of aromatic amines is 2. The SMILES string of the molecule is Cc1[nH]ncc1-c1n[nH]c(=S)n1N. The molecule has 2 rings (SSSR count). The first kappa shape index (κ1) is 7.99. The van der Waals surface area contributed by atoms with Crippen molar-refractivity contribution in [1.29, 1.82) is 0 Å². The van der Waals surface area contributed by atoms with E-state index in [-0.39, 0.29) is 0 Å². The van der Waals surface area contributed by atoms with Crippen LogP contribution in [-0.4, -0.2) is 25.1 Å². The number of nitrogens with two attached hydrogens (primary N) is 1. The molecule has 7 heteroatoms. The largest absolute Gasteiger partial charge is 0.335 e. The number of rotatable bonds is 1. The third-order valence-electron chi connectivity index (χ3n) is 1.78. The first-order valence-corrected chi connectivity index (χ1v) is 4.04. The predicted molar refractivity (Wildman–Crippen MR) is 49.9 cm³/mol. The van der Waals surface area contributed by atoms with Gasteiger partial charge in [0.15, 0.2) is 5.82 Å². The third kappa shape index (κ3) is 1.13. The molecule has 0 aromatic carbocycles. The highest BCUT2D eigenvalue weighted by molar-refractivity contribution is 7.71. The summed E-state index contributed by atoms with van der Waals surface area (Å²) >= 11 is 4.88. The summed E-state index contributed by atoms with van der Waals surface area (Å²) in [7, 11) is 0. The highest BCUT2D eigenvalue weighted by atomic mass is 32.1. The molecule has 4 N–H and O–H groups in total. The molecule has 0 fully saturated rings. The molecule has 0 bridgehead atoms. The molecule has 2 aromatic heterocycles. The quantitative estimate of drug-likeness (QED) is 0.453. The first-order valence-electron chi connectivity index (χ1n) is 3.63. The molecule has 6 nitrogen and oxygen atoms in total. The maximum Gasteiger partial charge on any atom is 0.214 e. The second kappa shape index (κ2) is 2.70. The minimum atomic E-state index is 0.385. The summed E-state index contributed by atoms with van der Waals surface area (Å²) in [6, 6.07) is 0. The maximum absolute atomic E-state index is 5.64. The minimum absolute atomic E-state index is 0.385. The minimum Gasteiger partial charge on any atom is -0.335 e. The van der Waals surface area contributed by atoms with Gasteiger partial charge in [0.05, 0.1) is 11.8 Å². The van der Waals surface area contributed by atoms with E-state index in [1.165, 1.54) is 4.68 Å². The fourth-order valence-electron chi connectivity index (χ4n) is 1.07. The van der Waals surface area contributed by atoms with Gasteiger partial charge in [0, 0.05) is 5.69 Å². The molecular formula is C6H8N6S. The van der Waals surface area contributed by atoms with Gasteiger partial charge in [-0.3, -0.25) is 5.10 Å². The number of hydrogen-bond donors (Lipinski definition) is 3. The Hall–Kier alpha value is -1.63. The summed E-state index contributed by atoms with van der Waals surface area (Å²) in [6.07, 6.45) is 1.66. The summed E-state index contributed by atoms with van der Waals surface area (Å²) in [5.74, 6) is 6.22. The highest BCUT2D eigenvalue weighted by Gasteiger charge is 2.10. The van der Waals surface area contributed by atoms with Crippen molar-refractivity contribution in [2.24, 2.45) is 0 Å². The van der Waals surface area contributed by atoms with Crippen molar-refractivity contribution in [2.75, 3.05) is 5.84 Å². The van der Waals surface area contributed by atoms with E-state index in [9.17, 15) is 0 Å². The van der Waals surface area contributed by atoms with Crippen molar-refractivity contribution >= 4 is 12.2 Å². The summed E-state index contributed by atoms with van der Waals surface area (Å²) in [5, 5.41) is 13.2. The van der Waals surface area contributed by atoms with E-state index in [1.807, 2.05) is 6.92 Å². The van der Waals surface area contributed by atoms with E-state index >= 15 is 0 Å². The van der Waals surface area contributed by atoms with Crippen molar-refractivity contribution in [3.63, 3.8) is 0 Å². The molecule has 0 aliphatic rings. The fourth-order valence-corrected chi connectivity index (χ4v) is 1.20. The Labute approximate surface area is 78.7 Å². The van der Waals surface area contributed by atoms with Gasteiger partial charge in [-0.15, -0.1) is 0 Å². The van der Waals surface area contributed by atoms with Crippen LogP contribution in [0.5, 0.6) is 0 Å². The van der Waals surface area contributed by atoms with Crippen LogP contribution in [0.3, 0.4) is 0 Å². The number of nitrogens with zero attached hydrogens (tertiary/aromatic N) is 3. The van der Waals surface area contributed by atoms with Crippen LogP contribution in [-0.2, 0) is 0 Å². The average molecular weight is 196 g/mol. The maximum atomic E-state index is 5.64. The second-order valence-corrected chi connectivity index (χ2v) is 3.02. The van der Waals surface area contributed by atoms with E-state index in [2.05, 4.69) is 20.4 Å². The van der Waals surface area contributed by atoms with Gasteiger partial charge in [-0.25, -0.2) is 9.77 Å². The van der Waals surface area contributed by atoms with Gasteiger partial charge in [0.1, 0.15) is 0 Å². The molecule has 0 aliphatic heterocycles. The lowest BCUT2D eigenvalue weighted by Gasteiger charge is -1.96. The zero-order valence-electron chi connectivity index (χ0n) is 6.90. The standard InChI is InChI=1S/C6H8N6S/c1-3-4(2-8-9-3)5-10-11-6(13)12(5)7/h2H,7H2,1H3,(H,8,9)(H,11,13). The van der Waals surface area contributed by atoms with Gasteiger partial charge in [-0.1, -0.05) is 0 Å². The van der Waals surface area contributed by atoms with Crippen LogP contribution in [0.2, 0.25) is 0 Å². The first-order chi connectivity index (χ1) is 6.20. The molecule has 0 unspecified atom stereocenters. The van der Waals surface area contributed by atoms with Crippen molar-refractivity contribution in [1.82, 2.24) is 25.1 Å². The van der Waals surface area contributed by atoms with E-state index in [1.54, 1.807) is 6.20 Å². The van der Waals surface area contributed by atoms with Crippen molar-refractivity contribution in [2.45, 2.75) is 6.92 Å². The summed E-state index contributed by atoms with van der Waals surface area (Å²) in [4.78, 5) is 0. The molecule has 0 saturated carbocycles. The predicted octanol–water partition coefficient (Wildman–Crippen LogP) is 0.353. The van der Waals surface area contributed by atoms with Crippen LogP contribution in [0.25, 0.3) is 11.4 Å². The Morgan fingerprint density at radius 1 is 1.54 bits per heavy atom. The van der Waals surface area contributed by atoms with Crippen LogP contribution in [0.15, 0.2) is 6.20 Å². The monoisotopic (exact) mass is 196 g/mol. The van der Waals surface area contributed by atoms with Crippen LogP contribution < -0.4 is 5.84 Å². The Bertz CT molecular complexity index is 477. The number of nitrogen functional groups attached to an aromatic ring is 1. The van der Waals surface area contributed by atoms with Crippen molar-refractivity contribution < 1.29 is 0 Å². The molecule has 0 radical (unpaired) electrons. The van der Waals surface area contributed by atoms with Gasteiger partial charge in [0.2, 0.25) is 4.77 Å². The molecule has 13 heavy (non-hydrogen) atoms. The Morgan fingerprint density at radius 3 is 2.77 bits per heavy atom. The zero-order valence-corrected chi connectivity index (χ0v) is 7.72. The van der Waals surface area contributed by atoms with E-state index in [0.29, 0.717) is 10.6 Å². The molecule has 0 saturated heterocycles. The average Bonchev–Trinajstić information content (AvgIpc) is 2.62. The number of nitrogens with one attached hydrogen (secondary N) is 2. The summed E-state index contributed by atoms with van der Waals surface area (Å²) < 4.78 is 1.70. The van der Waals surface area contributed by atoms with Gasteiger partial charge in [-0.05, 0) is 19.1 Å². The number of H-pyrrole nitrogens is 2. The lowest BCUT2D eigenvalue weighted by molar-refractivity contribution is 0.982. The van der Waals surface area contributed by atoms with Crippen LogP contribution in [0.1, 0.15) is 5.69 Å². The molecule has 0 aliphatic carbocycles. The zero-order chi connectivity index (χ0) is 9.42. The Balaban J connectivity index is 2.65. The highest BCUT2D eigenvalue weighted by Crippen LogP contribution is 2.16. The summed E-state index contributed by atoms with van der Waals surface area (Å²) in [5.41, 5.74) is 1.75. The van der Waals surface area contributed by atoms with Crippen LogP contribution in [0.4, 0.5) is 0 Å². The topological polar surface area (TPSA) is 88.3 Å². The number of aromatic nitrogens is 5. The lowest BCUT2D eigenvalue weighted by atomic mass is 10.2. The number of hydrogen-bond acceptors (Lipinski definition) is 4. The van der Waals surface area contributed by atoms with Gasteiger partial charge < -0.3 is 5.84 Å². The number of aryl methyl sites for hydroxylation is 1. The van der Waals surface area contributed by atoms with Crippen LogP contribution in [0, 0.1) is 11.7 Å². The molecular weight excluding hydrogens is 188 g/mol. The smallest absolute Gasteiger partial charge is 0.214 e. The normalized spacial score (nSPS) is 10.5. The Kier molecular flexibility index (Phi) is 1.66. The molecule has 2 aromatic rings. The van der Waals surface area contributed by atoms with E-state index in [4.69, 9.17) is 18.1 Å². The van der Waals surface area contributed by atoms with Crippen molar-refractivity contribution in [3.05, 3.63) is 16.7 Å². The van der Waals surface area contributed by atoms with E-state index < -0.39 is 0 Å². The van der Waals surface area contributed by atoms with Crippen LogP contribution >= 0.6 is 12.2 Å². The molecule has 0 amide bonds. The molecule has 2 heterocycles.